The largest absolute Gasteiger partial charge is 0.316 e. The Hall–Kier alpha value is -0.870. The molecule has 19 heavy (non-hydrogen) atoms. The third-order valence-electron chi connectivity index (χ3n) is 4.30. The molecule has 1 unspecified atom stereocenters. The van der Waals surface area contributed by atoms with Gasteiger partial charge in [0.05, 0.1) is 4.75 Å². The molecule has 1 heterocycles. The van der Waals surface area contributed by atoms with E-state index in [4.69, 9.17) is 0 Å². The third kappa shape index (κ3) is 3.00. The molecule has 4 heteroatoms. The predicted molar refractivity (Wildman–Crippen MR) is 79.2 cm³/mol. The molecular formula is C15H23NO2S. The van der Waals surface area contributed by atoms with Crippen LogP contribution in [0.4, 0.5) is 0 Å². The van der Waals surface area contributed by atoms with Crippen molar-refractivity contribution >= 4 is 9.84 Å². The van der Waals surface area contributed by atoms with Crippen LogP contribution in [0.15, 0.2) is 24.3 Å². The highest BCUT2D eigenvalue weighted by Gasteiger charge is 2.32. The van der Waals surface area contributed by atoms with Gasteiger partial charge in [-0.25, -0.2) is 8.42 Å². The lowest BCUT2D eigenvalue weighted by molar-refractivity contribution is 0.461. The fraction of sp³-hybridized carbons (Fsp3) is 0.600. The number of hydrogen-bond donors (Lipinski definition) is 1. The second kappa shape index (κ2) is 5.25. The molecule has 0 aromatic heterocycles. The topological polar surface area (TPSA) is 46.2 Å². The number of nitrogens with one attached hydrogen (secondary N) is 1. The summed E-state index contributed by atoms with van der Waals surface area (Å²) in [7, 11) is -3.11. The average Bonchev–Trinajstić information content (AvgIpc) is 2.39. The molecule has 1 aliphatic rings. The molecular weight excluding hydrogens is 258 g/mol. The number of sulfone groups is 1. The highest BCUT2D eigenvalue weighted by Crippen LogP contribution is 2.31. The minimum absolute atomic E-state index is 0.559. The fourth-order valence-corrected chi connectivity index (χ4v) is 3.07. The first-order valence-electron chi connectivity index (χ1n) is 6.83. The van der Waals surface area contributed by atoms with Gasteiger partial charge in [-0.15, -0.1) is 0 Å². The van der Waals surface area contributed by atoms with Crippen LogP contribution in [0.3, 0.4) is 0 Å². The Morgan fingerprint density at radius 2 is 1.84 bits per heavy atom. The van der Waals surface area contributed by atoms with Gasteiger partial charge in [0.1, 0.15) is 0 Å². The summed E-state index contributed by atoms with van der Waals surface area (Å²) in [4.78, 5) is 0. The van der Waals surface area contributed by atoms with Crippen LogP contribution in [0.25, 0.3) is 0 Å². The molecule has 1 fully saturated rings. The average molecular weight is 281 g/mol. The maximum atomic E-state index is 11.8. The zero-order chi connectivity index (χ0) is 14.1. The van der Waals surface area contributed by atoms with Gasteiger partial charge in [0.15, 0.2) is 9.84 Å². The summed E-state index contributed by atoms with van der Waals surface area (Å²) < 4.78 is 22.8. The van der Waals surface area contributed by atoms with E-state index in [9.17, 15) is 8.42 Å². The first kappa shape index (κ1) is 14.5. The van der Waals surface area contributed by atoms with Crippen molar-refractivity contribution in [3.8, 4) is 0 Å². The maximum Gasteiger partial charge on any atom is 0.156 e. The fourth-order valence-electron chi connectivity index (χ4n) is 2.51. The van der Waals surface area contributed by atoms with E-state index in [1.807, 2.05) is 12.1 Å². The second-order valence-corrected chi connectivity index (χ2v) is 8.51. The lowest BCUT2D eigenvalue weighted by atomic mass is 9.90. The van der Waals surface area contributed by atoms with Gasteiger partial charge in [0.2, 0.25) is 0 Å². The van der Waals surface area contributed by atoms with E-state index in [-0.39, 0.29) is 0 Å². The zero-order valence-corrected chi connectivity index (χ0v) is 12.8. The van der Waals surface area contributed by atoms with Crippen molar-refractivity contribution < 1.29 is 8.42 Å². The van der Waals surface area contributed by atoms with E-state index in [2.05, 4.69) is 17.4 Å². The van der Waals surface area contributed by atoms with Crippen LogP contribution >= 0.6 is 0 Å². The molecule has 1 N–H and O–H groups in total. The minimum atomic E-state index is -3.11. The first-order chi connectivity index (χ1) is 8.82. The van der Waals surface area contributed by atoms with Gasteiger partial charge < -0.3 is 5.32 Å². The SMILES string of the molecule is CC(C)(c1ccc(C2CCCNC2)cc1)S(C)(=O)=O. The molecule has 1 saturated heterocycles. The molecule has 0 saturated carbocycles. The Morgan fingerprint density at radius 1 is 1.21 bits per heavy atom. The van der Waals surface area contributed by atoms with Crippen LogP contribution in [0, 0.1) is 0 Å². The summed E-state index contributed by atoms with van der Waals surface area (Å²) in [6.07, 6.45) is 3.72. The molecule has 106 valence electrons. The molecule has 3 nitrogen and oxygen atoms in total. The highest BCUT2D eigenvalue weighted by atomic mass is 32.2. The summed E-state index contributed by atoms with van der Waals surface area (Å²) >= 11 is 0. The lowest BCUT2D eigenvalue weighted by Gasteiger charge is -2.26. The smallest absolute Gasteiger partial charge is 0.156 e. The van der Waals surface area contributed by atoms with E-state index in [1.165, 1.54) is 24.7 Å². The van der Waals surface area contributed by atoms with E-state index in [0.717, 1.165) is 18.7 Å². The Kier molecular flexibility index (Phi) is 4.02. The molecule has 2 rings (SSSR count). The third-order valence-corrected chi connectivity index (χ3v) is 6.39. The predicted octanol–water partition coefficient (Wildman–Crippen LogP) is 2.43. The molecule has 1 aliphatic heterocycles. The van der Waals surface area contributed by atoms with Gasteiger partial charge >= 0.3 is 0 Å². The standard InChI is InChI=1S/C15H23NO2S/c1-15(2,19(3,17)18)14-8-6-12(7-9-14)13-5-4-10-16-11-13/h6-9,13,16H,4-5,10-11H2,1-3H3. The van der Waals surface area contributed by atoms with E-state index < -0.39 is 14.6 Å². The van der Waals surface area contributed by atoms with E-state index in [0.29, 0.717) is 5.92 Å². The van der Waals surface area contributed by atoms with Gasteiger partial charge in [0.25, 0.3) is 0 Å². The van der Waals surface area contributed by atoms with Crippen LogP contribution < -0.4 is 5.32 Å². The number of piperidine rings is 1. The Labute approximate surface area is 116 Å². The quantitative estimate of drug-likeness (QED) is 0.925. The van der Waals surface area contributed by atoms with Crippen molar-refractivity contribution in [3.63, 3.8) is 0 Å². The summed E-state index contributed by atoms with van der Waals surface area (Å²) in [6, 6.07) is 8.09. The molecule has 1 atom stereocenters. The summed E-state index contributed by atoms with van der Waals surface area (Å²) in [6.45, 7) is 5.66. The number of benzene rings is 1. The Morgan fingerprint density at radius 3 is 2.32 bits per heavy atom. The number of hydrogen-bond acceptors (Lipinski definition) is 3. The van der Waals surface area contributed by atoms with Crippen molar-refractivity contribution in [2.75, 3.05) is 19.3 Å². The van der Waals surface area contributed by atoms with Crippen LogP contribution in [0.5, 0.6) is 0 Å². The van der Waals surface area contributed by atoms with E-state index >= 15 is 0 Å². The van der Waals surface area contributed by atoms with Crippen molar-refractivity contribution in [1.82, 2.24) is 5.32 Å². The maximum absolute atomic E-state index is 11.8. The highest BCUT2D eigenvalue weighted by molar-refractivity contribution is 7.91. The van der Waals surface area contributed by atoms with Crippen molar-refractivity contribution in [2.45, 2.75) is 37.4 Å². The molecule has 0 spiro atoms. The zero-order valence-electron chi connectivity index (χ0n) is 11.9. The molecule has 0 aliphatic carbocycles. The second-order valence-electron chi connectivity index (χ2n) is 5.95. The first-order valence-corrected chi connectivity index (χ1v) is 8.72. The van der Waals surface area contributed by atoms with Crippen LogP contribution in [-0.4, -0.2) is 27.8 Å². The van der Waals surface area contributed by atoms with Crippen LogP contribution in [0.2, 0.25) is 0 Å². The minimum Gasteiger partial charge on any atom is -0.316 e. The van der Waals surface area contributed by atoms with Gasteiger partial charge in [-0.3, -0.25) is 0 Å². The van der Waals surface area contributed by atoms with Crippen molar-refractivity contribution in [1.29, 1.82) is 0 Å². The summed E-state index contributed by atoms with van der Waals surface area (Å²) in [5.41, 5.74) is 2.17. The van der Waals surface area contributed by atoms with Crippen LogP contribution in [0.1, 0.15) is 43.7 Å². The molecule has 1 aromatic rings. The number of rotatable bonds is 3. The van der Waals surface area contributed by atoms with Gasteiger partial charge in [-0.05, 0) is 50.3 Å². The lowest BCUT2D eigenvalue weighted by Crippen LogP contribution is -2.29. The molecule has 1 aromatic carbocycles. The Bertz CT molecular complexity index is 526. The Balaban J connectivity index is 2.23. The van der Waals surface area contributed by atoms with Gasteiger partial charge in [-0.1, -0.05) is 24.3 Å². The monoisotopic (exact) mass is 281 g/mol. The van der Waals surface area contributed by atoms with Crippen LogP contribution in [-0.2, 0) is 14.6 Å². The summed E-state index contributed by atoms with van der Waals surface area (Å²) in [5.74, 6) is 0.559. The summed E-state index contributed by atoms with van der Waals surface area (Å²) in [5, 5.41) is 3.41. The van der Waals surface area contributed by atoms with E-state index in [1.54, 1.807) is 13.8 Å². The molecule has 0 amide bonds. The molecule has 0 radical (unpaired) electrons. The normalized spacial score (nSPS) is 21.3. The molecule has 0 bridgehead atoms. The van der Waals surface area contributed by atoms with Gasteiger partial charge in [0, 0.05) is 12.8 Å². The van der Waals surface area contributed by atoms with Crippen molar-refractivity contribution in [2.24, 2.45) is 0 Å². The van der Waals surface area contributed by atoms with Gasteiger partial charge in [-0.2, -0.15) is 0 Å². The van der Waals surface area contributed by atoms with Crippen molar-refractivity contribution in [3.05, 3.63) is 35.4 Å².